The summed E-state index contributed by atoms with van der Waals surface area (Å²) in [6.45, 7) is 5.92. The standard InChI is InChI=1S/C15H23ClN2O2S/c1-12(2)6-9-21(19,20)18-8-7-17-11-15(18)13-4-3-5-14(16)10-13/h3-5,10,12,15,17H,6-9,11H2,1-2H3. The number of benzene rings is 1. The molecule has 0 spiro atoms. The molecule has 1 aromatic rings. The zero-order valence-corrected chi connectivity index (χ0v) is 14.1. The van der Waals surface area contributed by atoms with Crippen LogP contribution in [0, 0.1) is 5.92 Å². The molecule has 2 rings (SSSR count). The van der Waals surface area contributed by atoms with Gasteiger partial charge in [-0.05, 0) is 30.0 Å². The van der Waals surface area contributed by atoms with Crippen molar-refractivity contribution in [2.45, 2.75) is 26.3 Å². The molecule has 1 fully saturated rings. The molecule has 0 bridgehead atoms. The fraction of sp³-hybridized carbons (Fsp3) is 0.600. The molecule has 1 aliphatic rings. The van der Waals surface area contributed by atoms with Gasteiger partial charge in [-0.25, -0.2) is 8.42 Å². The average Bonchev–Trinajstić information content (AvgIpc) is 2.45. The van der Waals surface area contributed by atoms with Crippen LogP contribution in [0.1, 0.15) is 31.9 Å². The van der Waals surface area contributed by atoms with Crippen molar-refractivity contribution in [1.82, 2.24) is 9.62 Å². The molecule has 0 aromatic heterocycles. The molecular weight excluding hydrogens is 308 g/mol. The molecule has 1 N–H and O–H groups in total. The first kappa shape index (κ1) is 16.7. The highest BCUT2D eigenvalue weighted by Gasteiger charge is 2.33. The predicted octanol–water partition coefficient (Wildman–Crippen LogP) is 2.66. The Bertz CT molecular complexity index is 575. The second-order valence-corrected chi connectivity index (χ2v) is 8.36. The second kappa shape index (κ2) is 7.09. The largest absolute Gasteiger partial charge is 0.313 e. The van der Waals surface area contributed by atoms with Crippen LogP contribution in [0.4, 0.5) is 0 Å². The molecule has 6 heteroatoms. The molecule has 0 aliphatic carbocycles. The first-order chi connectivity index (χ1) is 9.90. The summed E-state index contributed by atoms with van der Waals surface area (Å²) in [6.07, 6.45) is 0.689. The van der Waals surface area contributed by atoms with E-state index in [1.165, 1.54) is 0 Å². The third-order valence-electron chi connectivity index (χ3n) is 3.74. The quantitative estimate of drug-likeness (QED) is 0.903. The third-order valence-corrected chi connectivity index (χ3v) is 5.88. The Kier molecular flexibility index (Phi) is 5.66. The van der Waals surface area contributed by atoms with Crippen LogP contribution in [0.25, 0.3) is 0 Å². The van der Waals surface area contributed by atoms with E-state index >= 15 is 0 Å². The summed E-state index contributed by atoms with van der Waals surface area (Å²) in [5, 5.41) is 3.91. The number of sulfonamides is 1. The van der Waals surface area contributed by atoms with E-state index in [-0.39, 0.29) is 11.8 Å². The fourth-order valence-corrected chi connectivity index (χ4v) is 4.67. The molecule has 1 heterocycles. The Morgan fingerprint density at radius 1 is 1.43 bits per heavy atom. The SMILES string of the molecule is CC(C)CCS(=O)(=O)N1CCNCC1c1cccc(Cl)c1. The minimum atomic E-state index is -3.24. The van der Waals surface area contributed by atoms with E-state index in [1.807, 2.05) is 32.0 Å². The zero-order valence-electron chi connectivity index (χ0n) is 12.5. The van der Waals surface area contributed by atoms with Crippen molar-refractivity contribution < 1.29 is 8.42 Å². The molecule has 1 unspecified atom stereocenters. The molecule has 0 amide bonds. The van der Waals surface area contributed by atoms with Crippen LogP contribution in [-0.4, -0.2) is 38.1 Å². The Hall–Kier alpha value is -0.620. The van der Waals surface area contributed by atoms with Gasteiger partial charge in [0.25, 0.3) is 0 Å². The van der Waals surface area contributed by atoms with Crippen LogP contribution >= 0.6 is 11.6 Å². The molecule has 1 atom stereocenters. The summed E-state index contributed by atoms with van der Waals surface area (Å²) >= 11 is 6.04. The summed E-state index contributed by atoms with van der Waals surface area (Å²) < 4.78 is 26.9. The van der Waals surface area contributed by atoms with Gasteiger partial charge in [0.1, 0.15) is 0 Å². The van der Waals surface area contributed by atoms with Crippen molar-refractivity contribution in [2.24, 2.45) is 5.92 Å². The van der Waals surface area contributed by atoms with E-state index < -0.39 is 10.0 Å². The van der Waals surface area contributed by atoms with Crippen molar-refractivity contribution in [2.75, 3.05) is 25.4 Å². The van der Waals surface area contributed by atoms with Gasteiger partial charge in [-0.2, -0.15) is 4.31 Å². The van der Waals surface area contributed by atoms with Gasteiger partial charge in [-0.3, -0.25) is 0 Å². The minimum absolute atomic E-state index is 0.172. The Balaban J connectivity index is 2.23. The van der Waals surface area contributed by atoms with E-state index in [4.69, 9.17) is 11.6 Å². The van der Waals surface area contributed by atoms with E-state index in [0.717, 1.165) is 5.56 Å². The van der Waals surface area contributed by atoms with Crippen molar-refractivity contribution in [1.29, 1.82) is 0 Å². The highest BCUT2D eigenvalue weighted by atomic mass is 35.5. The van der Waals surface area contributed by atoms with Crippen LogP contribution < -0.4 is 5.32 Å². The summed E-state index contributed by atoms with van der Waals surface area (Å²) in [5.74, 6) is 0.592. The van der Waals surface area contributed by atoms with Gasteiger partial charge in [0.05, 0.1) is 11.8 Å². The van der Waals surface area contributed by atoms with Crippen molar-refractivity contribution in [3.05, 3.63) is 34.9 Å². The number of piperazine rings is 1. The highest BCUT2D eigenvalue weighted by Crippen LogP contribution is 2.27. The van der Waals surface area contributed by atoms with Crippen LogP contribution in [0.2, 0.25) is 5.02 Å². The number of rotatable bonds is 5. The van der Waals surface area contributed by atoms with E-state index in [9.17, 15) is 8.42 Å². The van der Waals surface area contributed by atoms with Gasteiger partial charge in [-0.1, -0.05) is 37.6 Å². The molecular formula is C15H23ClN2O2S. The molecule has 118 valence electrons. The molecule has 21 heavy (non-hydrogen) atoms. The normalized spacial score (nSPS) is 20.9. The van der Waals surface area contributed by atoms with Gasteiger partial charge in [0.15, 0.2) is 0 Å². The number of nitrogens with one attached hydrogen (secondary N) is 1. The Morgan fingerprint density at radius 2 is 2.19 bits per heavy atom. The number of hydrogen-bond donors (Lipinski definition) is 1. The highest BCUT2D eigenvalue weighted by molar-refractivity contribution is 7.89. The first-order valence-corrected chi connectivity index (χ1v) is 9.34. The van der Waals surface area contributed by atoms with E-state index in [0.29, 0.717) is 37.0 Å². The second-order valence-electron chi connectivity index (χ2n) is 5.88. The van der Waals surface area contributed by atoms with E-state index in [2.05, 4.69) is 5.32 Å². The lowest BCUT2D eigenvalue weighted by molar-refractivity contribution is 0.271. The number of halogens is 1. The van der Waals surface area contributed by atoms with Crippen LogP contribution in [0.15, 0.2) is 24.3 Å². The molecule has 1 saturated heterocycles. The molecule has 0 radical (unpaired) electrons. The van der Waals surface area contributed by atoms with Gasteiger partial charge in [0, 0.05) is 24.7 Å². The maximum Gasteiger partial charge on any atom is 0.214 e. The summed E-state index contributed by atoms with van der Waals surface area (Å²) in [7, 11) is -3.24. The predicted molar refractivity (Wildman–Crippen MR) is 87.0 cm³/mol. The Labute approximate surface area is 132 Å². The van der Waals surface area contributed by atoms with Crippen LogP contribution in [-0.2, 0) is 10.0 Å². The van der Waals surface area contributed by atoms with Crippen molar-refractivity contribution in [3.8, 4) is 0 Å². The zero-order chi connectivity index (χ0) is 15.5. The lowest BCUT2D eigenvalue weighted by Crippen LogP contribution is -2.49. The molecule has 0 saturated carbocycles. The number of nitrogens with zero attached hydrogens (tertiary/aromatic N) is 1. The fourth-order valence-electron chi connectivity index (χ4n) is 2.52. The average molecular weight is 331 g/mol. The smallest absolute Gasteiger partial charge is 0.214 e. The first-order valence-electron chi connectivity index (χ1n) is 7.36. The van der Waals surface area contributed by atoms with Gasteiger partial charge < -0.3 is 5.32 Å². The van der Waals surface area contributed by atoms with Crippen molar-refractivity contribution in [3.63, 3.8) is 0 Å². The van der Waals surface area contributed by atoms with Gasteiger partial charge in [0.2, 0.25) is 10.0 Å². The minimum Gasteiger partial charge on any atom is -0.313 e. The van der Waals surface area contributed by atoms with Gasteiger partial charge in [-0.15, -0.1) is 0 Å². The summed E-state index contributed by atoms with van der Waals surface area (Å²) in [4.78, 5) is 0. The van der Waals surface area contributed by atoms with Crippen LogP contribution in [0.3, 0.4) is 0 Å². The maximum atomic E-state index is 12.6. The topological polar surface area (TPSA) is 49.4 Å². The lowest BCUT2D eigenvalue weighted by Gasteiger charge is -2.35. The summed E-state index contributed by atoms with van der Waals surface area (Å²) in [5.41, 5.74) is 0.947. The maximum absolute atomic E-state index is 12.6. The van der Waals surface area contributed by atoms with Gasteiger partial charge >= 0.3 is 0 Å². The van der Waals surface area contributed by atoms with E-state index in [1.54, 1.807) is 10.4 Å². The Morgan fingerprint density at radius 3 is 2.86 bits per heavy atom. The molecule has 1 aliphatic heterocycles. The lowest BCUT2D eigenvalue weighted by atomic mass is 10.1. The monoisotopic (exact) mass is 330 g/mol. The number of hydrogen-bond acceptors (Lipinski definition) is 3. The molecule has 1 aromatic carbocycles. The summed E-state index contributed by atoms with van der Waals surface area (Å²) in [6, 6.07) is 7.29. The third kappa shape index (κ3) is 4.42. The van der Waals surface area contributed by atoms with Crippen LogP contribution in [0.5, 0.6) is 0 Å². The van der Waals surface area contributed by atoms with Crippen molar-refractivity contribution >= 4 is 21.6 Å². The molecule has 4 nitrogen and oxygen atoms in total.